The van der Waals surface area contributed by atoms with Crippen molar-refractivity contribution in [1.29, 1.82) is 0 Å². The summed E-state index contributed by atoms with van der Waals surface area (Å²) in [7, 11) is 0. The molecule has 1 rings (SSSR count). The van der Waals surface area contributed by atoms with E-state index in [1.165, 1.54) is 0 Å². The van der Waals surface area contributed by atoms with Crippen molar-refractivity contribution in [2.24, 2.45) is 5.73 Å². The molecule has 1 aromatic heterocycles. The highest BCUT2D eigenvalue weighted by Gasteiger charge is 2.42. The Bertz CT molecular complexity index is 482. The van der Waals surface area contributed by atoms with Crippen LogP contribution in [-0.2, 0) is 12.7 Å². The zero-order valence-corrected chi connectivity index (χ0v) is 9.32. The Balaban J connectivity index is 3.53. The summed E-state index contributed by atoms with van der Waals surface area (Å²) in [5.41, 5.74) is 0.746. The number of aromatic nitrogens is 1. The van der Waals surface area contributed by atoms with Crippen molar-refractivity contribution in [3.63, 3.8) is 0 Å². The van der Waals surface area contributed by atoms with Crippen molar-refractivity contribution in [3.05, 3.63) is 22.9 Å². The quantitative estimate of drug-likeness (QED) is 0.871. The van der Waals surface area contributed by atoms with E-state index in [1.807, 2.05) is 0 Å². The molecule has 0 fully saturated rings. The fourth-order valence-corrected chi connectivity index (χ4v) is 1.35. The van der Waals surface area contributed by atoms with E-state index in [9.17, 15) is 35.1 Å². The third-order valence-electron chi connectivity index (χ3n) is 2.03. The molecule has 0 aliphatic heterocycles. The Morgan fingerprint density at radius 2 is 1.70 bits per heavy atom. The largest absolute Gasteiger partial charge is 0.574 e. The molecule has 0 amide bonds. The number of halogens is 8. The van der Waals surface area contributed by atoms with Crippen LogP contribution in [0, 0.1) is 0 Å². The zero-order valence-electron chi connectivity index (χ0n) is 9.32. The molecule has 0 saturated heterocycles. The second-order valence-electron chi connectivity index (χ2n) is 3.44. The fraction of sp³-hybridized carbons (Fsp3) is 0.444. The number of nitrogens with zero attached hydrogens (tertiary/aromatic N) is 1. The molecule has 0 radical (unpaired) electrons. The van der Waals surface area contributed by atoms with Gasteiger partial charge in [0.25, 0.3) is 6.43 Å². The minimum atomic E-state index is -5.51. The molecule has 11 heteroatoms. The highest BCUT2D eigenvalue weighted by atomic mass is 19.4. The third kappa shape index (κ3) is 3.92. The first-order chi connectivity index (χ1) is 8.95. The van der Waals surface area contributed by atoms with E-state index < -0.39 is 48.2 Å². The summed E-state index contributed by atoms with van der Waals surface area (Å²) in [6.07, 6.45) is -14.2. The lowest BCUT2D eigenvalue weighted by molar-refractivity contribution is -0.278. The molecule has 1 aromatic rings. The van der Waals surface area contributed by atoms with E-state index in [0.717, 1.165) is 0 Å². The van der Waals surface area contributed by atoms with Crippen LogP contribution in [0.2, 0.25) is 0 Å². The SMILES string of the molecule is NCc1cc(C(F)F)nc(OC(F)(F)F)c1C(F)(F)F. The number of nitrogens with two attached hydrogens (primary N) is 1. The lowest BCUT2D eigenvalue weighted by atomic mass is 10.1. The minimum Gasteiger partial charge on any atom is -0.387 e. The summed E-state index contributed by atoms with van der Waals surface area (Å²) >= 11 is 0. The van der Waals surface area contributed by atoms with Crippen LogP contribution in [-0.4, -0.2) is 11.3 Å². The topological polar surface area (TPSA) is 48.1 Å². The molecule has 0 unspecified atom stereocenters. The molecule has 0 aromatic carbocycles. The Hall–Kier alpha value is -1.65. The van der Waals surface area contributed by atoms with Gasteiger partial charge < -0.3 is 10.5 Å². The normalized spacial score (nSPS) is 12.9. The van der Waals surface area contributed by atoms with Crippen LogP contribution < -0.4 is 10.5 Å². The molecule has 3 nitrogen and oxygen atoms in total. The summed E-state index contributed by atoms with van der Waals surface area (Å²) in [5, 5.41) is 0. The molecular weight excluding hydrogens is 304 g/mol. The number of rotatable bonds is 3. The van der Waals surface area contributed by atoms with Crippen LogP contribution in [0.1, 0.15) is 23.2 Å². The van der Waals surface area contributed by atoms with E-state index in [4.69, 9.17) is 5.73 Å². The van der Waals surface area contributed by atoms with Crippen molar-refractivity contribution < 1.29 is 39.9 Å². The maximum Gasteiger partial charge on any atom is 0.574 e. The van der Waals surface area contributed by atoms with Gasteiger partial charge in [-0.05, 0) is 11.6 Å². The van der Waals surface area contributed by atoms with Gasteiger partial charge in [-0.3, -0.25) is 0 Å². The van der Waals surface area contributed by atoms with Crippen LogP contribution in [0.25, 0.3) is 0 Å². The lowest BCUT2D eigenvalue weighted by Gasteiger charge is -2.18. The smallest absolute Gasteiger partial charge is 0.387 e. The molecule has 1 heterocycles. The van der Waals surface area contributed by atoms with Crippen LogP contribution in [0.3, 0.4) is 0 Å². The predicted octanol–water partition coefficient (Wildman–Crippen LogP) is 3.40. The maximum atomic E-state index is 12.7. The highest BCUT2D eigenvalue weighted by Crippen LogP contribution is 2.40. The first kappa shape index (κ1) is 16.4. The molecule has 0 spiro atoms. The molecule has 0 bridgehead atoms. The lowest BCUT2D eigenvalue weighted by Crippen LogP contribution is -2.23. The molecular formula is C9H6F8N2O. The average molecular weight is 310 g/mol. The monoisotopic (exact) mass is 310 g/mol. The van der Waals surface area contributed by atoms with Gasteiger partial charge in [-0.25, -0.2) is 13.8 Å². The Labute approximate surface area is 106 Å². The van der Waals surface area contributed by atoms with Crippen LogP contribution in [0.4, 0.5) is 35.1 Å². The minimum absolute atomic E-state index is 0.288. The summed E-state index contributed by atoms with van der Waals surface area (Å²) in [5.74, 6) is -2.00. The number of pyridine rings is 1. The average Bonchev–Trinajstić information content (AvgIpc) is 2.23. The Morgan fingerprint density at radius 3 is 2.05 bits per heavy atom. The Kier molecular flexibility index (Phi) is 4.42. The van der Waals surface area contributed by atoms with E-state index in [0.29, 0.717) is 0 Å². The molecule has 0 aliphatic rings. The van der Waals surface area contributed by atoms with Gasteiger partial charge in [0.15, 0.2) is 0 Å². The summed E-state index contributed by atoms with van der Waals surface area (Å²) in [6.45, 7) is -0.911. The summed E-state index contributed by atoms with van der Waals surface area (Å²) in [4.78, 5) is 2.56. The van der Waals surface area contributed by atoms with Gasteiger partial charge in [0, 0.05) is 6.54 Å². The zero-order chi connectivity index (χ0) is 15.7. The van der Waals surface area contributed by atoms with Gasteiger partial charge in [-0.2, -0.15) is 13.2 Å². The fourth-order valence-electron chi connectivity index (χ4n) is 1.35. The number of alkyl halides is 8. The maximum absolute atomic E-state index is 12.7. The van der Waals surface area contributed by atoms with Gasteiger partial charge in [0.2, 0.25) is 5.88 Å². The molecule has 0 aliphatic carbocycles. The van der Waals surface area contributed by atoms with Crippen molar-refractivity contribution in [2.75, 3.05) is 0 Å². The highest BCUT2D eigenvalue weighted by molar-refractivity contribution is 5.39. The predicted molar refractivity (Wildman–Crippen MR) is 48.8 cm³/mol. The number of hydrogen-bond donors (Lipinski definition) is 1. The molecule has 0 saturated carbocycles. The number of hydrogen-bond acceptors (Lipinski definition) is 3. The molecule has 0 atom stereocenters. The van der Waals surface area contributed by atoms with Crippen LogP contribution in [0.15, 0.2) is 6.07 Å². The first-order valence-electron chi connectivity index (χ1n) is 4.80. The van der Waals surface area contributed by atoms with Crippen LogP contribution in [0.5, 0.6) is 5.88 Å². The van der Waals surface area contributed by atoms with E-state index in [1.54, 1.807) is 0 Å². The summed E-state index contributed by atoms with van der Waals surface area (Å²) < 4.78 is 102. The first-order valence-corrected chi connectivity index (χ1v) is 4.80. The molecule has 20 heavy (non-hydrogen) atoms. The van der Waals surface area contributed by atoms with E-state index >= 15 is 0 Å². The Morgan fingerprint density at radius 1 is 1.15 bits per heavy atom. The van der Waals surface area contributed by atoms with Gasteiger partial charge >= 0.3 is 12.5 Å². The second kappa shape index (κ2) is 5.38. The van der Waals surface area contributed by atoms with Crippen molar-refractivity contribution in [3.8, 4) is 5.88 Å². The van der Waals surface area contributed by atoms with Gasteiger partial charge in [-0.15, -0.1) is 13.2 Å². The molecule has 2 N–H and O–H groups in total. The van der Waals surface area contributed by atoms with E-state index in [-0.39, 0.29) is 6.07 Å². The van der Waals surface area contributed by atoms with Crippen molar-refractivity contribution in [1.82, 2.24) is 4.98 Å². The third-order valence-corrected chi connectivity index (χ3v) is 2.03. The van der Waals surface area contributed by atoms with Crippen molar-refractivity contribution >= 4 is 0 Å². The standard InChI is InChI=1S/C9H6F8N2O/c10-6(11)4-1-3(2-18)5(8(12,13)14)7(19-4)20-9(15,16)17/h1,6H,2,18H2. The van der Waals surface area contributed by atoms with Gasteiger partial charge in [-0.1, -0.05) is 0 Å². The summed E-state index contributed by atoms with van der Waals surface area (Å²) in [6, 6.07) is 0.288. The van der Waals surface area contributed by atoms with Crippen molar-refractivity contribution in [2.45, 2.75) is 25.5 Å². The van der Waals surface area contributed by atoms with E-state index in [2.05, 4.69) is 9.72 Å². The number of ether oxygens (including phenoxy) is 1. The van der Waals surface area contributed by atoms with Gasteiger partial charge in [0.1, 0.15) is 11.3 Å². The molecule has 114 valence electrons. The second-order valence-corrected chi connectivity index (χ2v) is 3.44. The van der Waals surface area contributed by atoms with Gasteiger partial charge in [0.05, 0.1) is 0 Å². The van der Waals surface area contributed by atoms with Crippen LogP contribution >= 0.6 is 0 Å².